The van der Waals surface area contributed by atoms with Crippen molar-refractivity contribution in [2.45, 2.75) is 60.3 Å². The van der Waals surface area contributed by atoms with Gasteiger partial charge in [-0.05, 0) is 131 Å². The molecule has 2 aromatic heterocycles. The molecule has 7 nitrogen and oxygen atoms in total. The summed E-state index contributed by atoms with van der Waals surface area (Å²) in [6.45, 7) is 9.86. The molecular weight excluding hydrogens is 589 g/mol. The normalized spacial score (nSPS) is 15.9. The molecule has 6 rings (SSSR count). The number of amides is 3. The first-order valence-corrected chi connectivity index (χ1v) is 16.0. The summed E-state index contributed by atoms with van der Waals surface area (Å²) in [6.07, 6.45) is 5.59. The second-order valence-corrected chi connectivity index (χ2v) is 13.1. The number of anilines is 2. The lowest BCUT2D eigenvalue weighted by Crippen LogP contribution is -2.54. The maximum absolute atomic E-state index is 13.9. The van der Waals surface area contributed by atoms with Crippen LogP contribution in [-0.2, 0) is 22.4 Å². The highest BCUT2D eigenvalue weighted by molar-refractivity contribution is 7.80. The van der Waals surface area contributed by atoms with Gasteiger partial charge in [0.25, 0.3) is 17.7 Å². The van der Waals surface area contributed by atoms with Crippen molar-refractivity contribution in [3.05, 3.63) is 104 Å². The molecule has 0 bridgehead atoms. The number of thiophene rings is 1. The van der Waals surface area contributed by atoms with E-state index in [0.29, 0.717) is 11.3 Å². The van der Waals surface area contributed by atoms with E-state index in [1.165, 1.54) is 9.78 Å². The van der Waals surface area contributed by atoms with Crippen LogP contribution in [0.3, 0.4) is 0 Å². The van der Waals surface area contributed by atoms with Crippen LogP contribution in [0.4, 0.5) is 11.4 Å². The first kappa shape index (κ1) is 29.7. The van der Waals surface area contributed by atoms with Gasteiger partial charge in [0, 0.05) is 22.0 Å². The van der Waals surface area contributed by atoms with E-state index >= 15 is 0 Å². The van der Waals surface area contributed by atoms with Crippen molar-refractivity contribution in [1.82, 2.24) is 9.88 Å². The van der Waals surface area contributed by atoms with Crippen LogP contribution in [0.25, 0.3) is 11.1 Å². The van der Waals surface area contributed by atoms with E-state index in [4.69, 9.17) is 12.2 Å². The highest BCUT2D eigenvalue weighted by Crippen LogP contribution is 2.39. The molecule has 0 spiro atoms. The monoisotopic (exact) mass is 622 g/mol. The summed E-state index contributed by atoms with van der Waals surface area (Å²) < 4.78 is 2.08. The maximum Gasteiger partial charge on any atom is 0.270 e. The number of hydrogen-bond acceptors (Lipinski definition) is 5. The Hall–Kier alpha value is -4.34. The van der Waals surface area contributed by atoms with Crippen molar-refractivity contribution in [3.63, 3.8) is 0 Å². The molecular formula is C35H34N4O3S2. The van der Waals surface area contributed by atoms with E-state index in [0.717, 1.165) is 75.6 Å². The Kier molecular flexibility index (Phi) is 7.86. The average molecular weight is 623 g/mol. The van der Waals surface area contributed by atoms with Gasteiger partial charge in [-0.2, -0.15) is 0 Å². The molecule has 2 aromatic carbocycles. The highest BCUT2D eigenvalue weighted by Gasteiger charge is 2.35. The molecule has 1 aliphatic carbocycles. The van der Waals surface area contributed by atoms with Crippen LogP contribution in [0.1, 0.15) is 67.3 Å². The Labute approximate surface area is 266 Å². The van der Waals surface area contributed by atoms with Gasteiger partial charge in [-0.3, -0.25) is 24.6 Å². The molecule has 0 radical (unpaired) electrons. The van der Waals surface area contributed by atoms with Crippen LogP contribution in [0.2, 0.25) is 0 Å². The van der Waals surface area contributed by atoms with Gasteiger partial charge >= 0.3 is 0 Å². The molecule has 0 unspecified atom stereocenters. The predicted octanol–water partition coefficient (Wildman–Crippen LogP) is 7.04. The van der Waals surface area contributed by atoms with Gasteiger partial charge < -0.3 is 9.88 Å². The van der Waals surface area contributed by atoms with Gasteiger partial charge in [-0.1, -0.05) is 23.8 Å². The number of hydrogen-bond donors (Lipinski definition) is 2. The third kappa shape index (κ3) is 5.42. The number of fused-ring (bicyclic) bond motifs is 1. The minimum Gasteiger partial charge on any atom is -0.322 e. The molecule has 2 N–H and O–H groups in total. The Morgan fingerprint density at radius 2 is 1.61 bits per heavy atom. The molecule has 0 atom stereocenters. The van der Waals surface area contributed by atoms with Gasteiger partial charge in [-0.15, -0.1) is 11.3 Å². The first-order chi connectivity index (χ1) is 21.0. The fraction of sp³-hybridized carbons (Fsp3) is 0.257. The number of nitrogens with one attached hydrogen (secondary N) is 2. The SMILES string of the molecule is Cc1ccc(NC(=O)c2c(-n3c(C)cc(C=C4C(=O)NC(=S)N(c5cc(C)cc(C)c5)C4=O)c3C)sc3c2CCCC3)cc1. The van der Waals surface area contributed by atoms with Crippen molar-refractivity contribution in [2.75, 3.05) is 10.2 Å². The molecule has 1 fully saturated rings. The Bertz CT molecular complexity index is 1880. The number of rotatable bonds is 5. The van der Waals surface area contributed by atoms with Gasteiger partial charge in [0.2, 0.25) is 0 Å². The number of aromatic nitrogens is 1. The van der Waals surface area contributed by atoms with E-state index in [-0.39, 0.29) is 16.6 Å². The Balaban J connectivity index is 1.41. The van der Waals surface area contributed by atoms with Crippen molar-refractivity contribution in [3.8, 4) is 5.00 Å². The van der Waals surface area contributed by atoms with Crippen LogP contribution in [0, 0.1) is 34.6 Å². The van der Waals surface area contributed by atoms with Crippen LogP contribution in [0.15, 0.2) is 54.1 Å². The zero-order valence-corrected chi connectivity index (χ0v) is 27.1. The topological polar surface area (TPSA) is 83.4 Å². The van der Waals surface area contributed by atoms with Crippen molar-refractivity contribution in [2.24, 2.45) is 0 Å². The number of aryl methyl sites for hydroxylation is 5. The van der Waals surface area contributed by atoms with Gasteiger partial charge in [0.1, 0.15) is 10.6 Å². The highest BCUT2D eigenvalue weighted by atomic mass is 32.1. The van der Waals surface area contributed by atoms with Crippen molar-refractivity contribution >= 4 is 63.8 Å². The molecule has 2 aliphatic rings. The Morgan fingerprint density at radius 3 is 2.32 bits per heavy atom. The largest absolute Gasteiger partial charge is 0.322 e. The van der Waals surface area contributed by atoms with Crippen LogP contribution < -0.4 is 15.5 Å². The zero-order chi connectivity index (χ0) is 31.3. The summed E-state index contributed by atoms with van der Waals surface area (Å²) in [5.74, 6) is -1.14. The molecule has 9 heteroatoms. The van der Waals surface area contributed by atoms with E-state index in [2.05, 4.69) is 15.2 Å². The summed E-state index contributed by atoms with van der Waals surface area (Å²) >= 11 is 7.08. The quantitative estimate of drug-likeness (QED) is 0.142. The lowest BCUT2D eigenvalue weighted by Gasteiger charge is -2.29. The second-order valence-electron chi connectivity index (χ2n) is 11.7. The molecule has 44 heavy (non-hydrogen) atoms. The number of thiocarbonyl (C=S) groups is 1. The molecule has 1 aliphatic heterocycles. The van der Waals surface area contributed by atoms with Crippen molar-refractivity contribution in [1.29, 1.82) is 0 Å². The van der Waals surface area contributed by atoms with Gasteiger partial charge in [0.15, 0.2) is 5.11 Å². The van der Waals surface area contributed by atoms with E-state index in [9.17, 15) is 14.4 Å². The molecule has 3 heterocycles. The number of carbonyl (C=O) groups is 3. The van der Waals surface area contributed by atoms with Gasteiger partial charge in [0.05, 0.1) is 11.3 Å². The number of nitrogens with zero attached hydrogens (tertiary/aromatic N) is 2. The minimum atomic E-state index is -0.532. The minimum absolute atomic E-state index is 0.000760. The van der Waals surface area contributed by atoms with E-state index in [1.807, 2.05) is 83.1 Å². The smallest absolute Gasteiger partial charge is 0.270 e. The second kappa shape index (κ2) is 11.6. The summed E-state index contributed by atoms with van der Waals surface area (Å²) in [5, 5.41) is 6.73. The average Bonchev–Trinajstić information content (AvgIpc) is 3.47. The standard InChI is InChI=1S/C35H34N4O3S2/c1-19-10-12-25(13-11-19)36-32(41)30-27-8-6-7-9-29(27)44-34(30)38-22(4)17-24(23(38)5)18-28-31(40)37-35(43)39(33(28)42)26-15-20(2)14-21(3)16-26/h10-18H,6-9H2,1-5H3,(H,36,41)(H,37,40,43). The van der Waals surface area contributed by atoms with E-state index in [1.54, 1.807) is 17.4 Å². The maximum atomic E-state index is 13.9. The summed E-state index contributed by atoms with van der Waals surface area (Å²) in [4.78, 5) is 43.4. The third-order valence-corrected chi connectivity index (χ3v) is 9.79. The summed E-state index contributed by atoms with van der Waals surface area (Å²) in [7, 11) is 0. The lowest BCUT2D eigenvalue weighted by molar-refractivity contribution is -0.122. The van der Waals surface area contributed by atoms with Gasteiger partial charge in [-0.25, -0.2) is 0 Å². The molecule has 4 aromatic rings. The van der Waals surface area contributed by atoms with E-state index < -0.39 is 11.8 Å². The first-order valence-electron chi connectivity index (χ1n) is 14.7. The number of benzene rings is 2. The fourth-order valence-corrected chi connectivity index (χ4v) is 7.93. The molecule has 3 amide bonds. The summed E-state index contributed by atoms with van der Waals surface area (Å²) in [5.41, 5.74) is 8.75. The zero-order valence-electron chi connectivity index (χ0n) is 25.5. The fourth-order valence-electron chi connectivity index (χ4n) is 6.15. The van der Waals surface area contributed by atoms with Crippen molar-refractivity contribution < 1.29 is 14.4 Å². The third-order valence-electron chi connectivity index (χ3n) is 8.23. The number of carbonyl (C=O) groups excluding carboxylic acids is 3. The Morgan fingerprint density at radius 1 is 0.932 bits per heavy atom. The molecule has 224 valence electrons. The molecule has 0 saturated carbocycles. The van der Waals surface area contributed by atoms with Crippen LogP contribution in [-0.4, -0.2) is 27.4 Å². The van der Waals surface area contributed by atoms with Crippen LogP contribution >= 0.6 is 23.6 Å². The molecule has 1 saturated heterocycles. The lowest BCUT2D eigenvalue weighted by atomic mass is 9.95. The summed E-state index contributed by atoms with van der Waals surface area (Å²) in [6, 6.07) is 15.5. The predicted molar refractivity (Wildman–Crippen MR) is 181 cm³/mol. The van der Waals surface area contributed by atoms with Crippen LogP contribution in [0.5, 0.6) is 0 Å².